The lowest BCUT2D eigenvalue weighted by molar-refractivity contribution is 0.0974. The van der Waals surface area contributed by atoms with Gasteiger partial charge >= 0.3 is 0 Å². The molecule has 35 heavy (non-hydrogen) atoms. The Morgan fingerprint density at radius 3 is 2.71 bits per heavy atom. The van der Waals surface area contributed by atoms with Crippen molar-refractivity contribution in [2.45, 2.75) is 26.8 Å². The predicted molar refractivity (Wildman–Crippen MR) is 130 cm³/mol. The third-order valence-electron chi connectivity index (χ3n) is 4.92. The van der Waals surface area contributed by atoms with Gasteiger partial charge in [0.1, 0.15) is 16.9 Å². The van der Waals surface area contributed by atoms with Gasteiger partial charge in [-0.05, 0) is 38.0 Å². The largest absolute Gasteiger partial charge is 0.379 e. The van der Waals surface area contributed by atoms with E-state index in [-0.39, 0.29) is 37.4 Å². The van der Waals surface area contributed by atoms with Gasteiger partial charge in [0.15, 0.2) is 11.5 Å². The molecule has 3 aromatic heterocycles. The summed E-state index contributed by atoms with van der Waals surface area (Å²) in [6.07, 6.45) is 2.80. The summed E-state index contributed by atoms with van der Waals surface area (Å²) < 4.78 is 44.7. The molecule has 0 radical (unpaired) electrons. The number of rotatable bonds is 12. The van der Waals surface area contributed by atoms with Crippen LogP contribution < -0.4 is 14.9 Å². The first-order valence-corrected chi connectivity index (χ1v) is 12.9. The van der Waals surface area contributed by atoms with Crippen molar-refractivity contribution in [1.82, 2.24) is 29.5 Å². The summed E-state index contributed by atoms with van der Waals surface area (Å²) in [5.41, 5.74) is 1.33. The minimum atomic E-state index is -3.84. The number of hydrogen-bond acceptors (Lipinski definition) is 10. The summed E-state index contributed by atoms with van der Waals surface area (Å²) in [5.74, 6) is 0.239. The fourth-order valence-electron chi connectivity index (χ4n) is 3.14. The topological polar surface area (TPSA) is 144 Å². The van der Waals surface area contributed by atoms with Crippen molar-refractivity contribution < 1.29 is 22.3 Å². The maximum atomic E-state index is 12.8. The molecule has 0 aromatic carbocycles. The van der Waals surface area contributed by atoms with E-state index in [4.69, 9.17) is 4.74 Å². The van der Waals surface area contributed by atoms with E-state index in [2.05, 4.69) is 25.4 Å². The van der Waals surface area contributed by atoms with Crippen LogP contribution in [-0.4, -0.2) is 78.8 Å². The Morgan fingerprint density at radius 1 is 1.29 bits per heavy atom. The highest BCUT2D eigenvalue weighted by Gasteiger charge is 2.25. The summed E-state index contributed by atoms with van der Waals surface area (Å²) in [7, 11) is -2.05. The van der Waals surface area contributed by atoms with Crippen LogP contribution >= 0.6 is 0 Å². The van der Waals surface area contributed by atoms with E-state index in [0.29, 0.717) is 29.6 Å². The van der Waals surface area contributed by atoms with Crippen LogP contribution in [0.25, 0.3) is 11.0 Å². The number of halogens is 1. The van der Waals surface area contributed by atoms with E-state index in [9.17, 15) is 17.6 Å². The molecule has 0 aliphatic heterocycles. The average Bonchev–Trinajstić information content (AvgIpc) is 3.16. The lowest BCUT2D eigenvalue weighted by Gasteiger charge is -2.17. The molecule has 14 heteroatoms. The van der Waals surface area contributed by atoms with Gasteiger partial charge in [-0.25, -0.2) is 23.1 Å². The number of nitrogens with zero attached hydrogens (tertiary/aromatic N) is 6. The number of aromatic nitrogens is 5. The Bertz CT molecular complexity index is 1300. The van der Waals surface area contributed by atoms with E-state index in [1.807, 2.05) is 30.7 Å². The first kappa shape index (κ1) is 26.2. The van der Waals surface area contributed by atoms with Crippen LogP contribution in [0.1, 0.15) is 29.4 Å². The Kier molecular flexibility index (Phi) is 8.51. The van der Waals surface area contributed by atoms with Gasteiger partial charge in [-0.1, -0.05) is 0 Å². The van der Waals surface area contributed by atoms with Gasteiger partial charge in [0.2, 0.25) is 16.0 Å². The SMILES string of the molecule is CCN(C)c1nc(Nc2cc(C)ccn2)c2c(n1)c(C(=O)NS(C)(=O)=O)nn2CCOCCCF. The fourth-order valence-corrected chi connectivity index (χ4v) is 3.57. The zero-order valence-corrected chi connectivity index (χ0v) is 20.9. The highest BCUT2D eigenvalue weighted by molar-refractivity contribution is 7.89. The number of carbonyl (C=O) groups excluding carboxylic acids is 1. The van der Waals surface area contributed by atoms with Crippen LogP contribution in [0.15, 0.2) is 18.3 Å². The summed E-state index contributed by atoms with van der Waals surface area (Å²) in [6, 6.07) is 3.68. The molecule has 2 N–H and O–H groups in total. The first-order valence-electron chi connectivity index (χ1n) is 11.0. The minimum absolute atomic E-state index is 0.162. The van der Waals surface area contributed by atoms with Gasteiger partial charge in [-0.3, -0.25) is 13.9 Å². The summed E-state index contributed by atoms with van der Waals surface area (Å²) in [5, 5.41) is 7.51. The van der Waals surface area contributed by atoms with Crippen molar-refractivity contribution >= 4 is 44.5 Å². The highest BCUT2D eigenvalue weighted by Crippen LogP contribution is 2.28. The third kappa shape index (κ3) is 6.82. The fraction of sp³-hybridized carbons (Fsp3) is 0.476. The van der Waals surface area contributed by atoms with Crippen LogP contribution in [0.3, 0.4) is 0 Å². The molecule has 0 aliphatic rings. The van der Waals surface area contributed by atoms with Crippen molar-refractivity contribution in [3.05, 3.63) is 29.6 Å². The monoisotopic (exact) mass is 508 g/mol. The first-order chi connectivity index (χ1) is 16.6. The molecule has 12 nitrogen and oxygen atoms in total. The molecular formula is C21H29FN8O4S. The van der Waals surface area contributed by atoms with Crippen LogP contribution in [0.5, 0.6) is 0 Å². The molecule has 3 rings (SSSR count). The Balaban J connectivity index is 2.16. The molecule has 0 bridgehead atoms. The Morgan fingerprint density at radius 2 is 2.06 bits per heavy atom. The van der Waals surface area contributed by atoms with E-state index < -0.39 is 22.6 Å². The zero-order valence-electron chi connectivity index (χ0n) is 20.1. The number of anilines is 3. The number of aryl methyl sites for hydroxylation is 1. The molecule has 3 heterocycles. The molecular weight excluding hydrogens is 479 g/mol. The summed E-state index contributed by atoms with van der Waals surface area (Å²) >= 11 is 0. The van der Waals surface area contributed by atoms with Gasteiger partial charge < -0.3 is 15.0 Å². The molecule has 0 atom stereocenters. The number of nitrogens with one attached hydrogen (secondary N) is 2. The number of amides is 1. The number of alkyl halides is 1. The smallest absolute Gasteiger partial charge is 0.287 e. The Labute approximate surface area is 203 Å². The standard InChI is InChI=1S/C21H29FN8O4S/c1-5-29(3)21-25-16-17(20(31)28-35(4,32)33)27-30(10-12-34-11-6-8-22)18(16)19(26-21)24-15-13-14(2)7-9-23-15/h7,9,13H,5-6,8,10-12H2,1-4H3,(H,28,31)(H,23,24,25,26). The number of hydrogen-bond donors (Lipinski definition) is 2. The number of fused-ring (bicyclic) bond motifs is 1. The number of carbonyl (C=O) groups is 1. The molecule has 0 unspecified atom stereocenters. The van der Waals surface area contributed by atoms with Crippen molar-refractivity contribution in [2.75, 3.05) is 50.0 Å². The molecule has 3 aromatic rings. The second kappa shape index (κ2) is 11.4. The molecule has 0 saturated carbocycles. The normalized spacial score (nSPS) is 11.6. The maximum absolute atomic E-state index is 12.8. The van der Waals surface area contributed by atoms with E-state index in [0.717, 1.165) is 11.8 Å². The van der Waals surface area contributed by atoms with Crippen molar-refractivity contribution in [3.8, 4) is 0 Å². The van der Waals surface area contributed by atoms with Crippen LogP contribution in [0.2, 0.25) is 0 Å². The number of sulfonamides is 1. The van der Waals surface area contributed by atoms with Gasteiger partial charge in [-0.2, -0.15) is 10.1 Å². The van der Waals surface area contributed by atoms with E-state index in [1.165, 1.54) is 4.68 Å². The third-order valence-corrected chi connectivity index (χ3v) is 5.47. The van der Waals surface area contributed by atoms with Gasteiger partial charge in [-0.15, -0.1) is 0 Å². The van der Waals surface area contributed by atoms with Gasteiger partial charge in [0, 0.05) is 26.4 Å². The molecule has 0 aliphatic carbocycles. The van der Waals surface area contributed by atoms with Crippen molar-refractivity contribution in [3.63, 3.8) is 0 Å². The quantitative estimate of drug-likeness (QED) is 0.347. The zero-order chi connectivity index (χ0) is 25.6. The number of ether oxygens (including phenoxy) is 1. The average molecular weight is 509 g/mol. The van der Waals surface area contributed by atoms with Crippen molar-refractivity contribution in [1.29, 1.82) is 0 Å². The second-order valence-corrected chi connectivity index (χ2v) is 9.61. The van der Waals surface area contributed by atoms with Crippen LogP contribution in [0.4, 0.5) is 22.0 Å². The highest BCUT2D eigenvalue weighted by atomic mass is 32.2. The molecule has 0 fully saturated rings. The lowest BCUT2D eigenvalue weighted by Crippen LogP contribution is -2.30. The van der Waals surface area contributed by atoms with E-state index >= 15 is 0 Å². The summed E-state index contributed by atoms with van der Waals surface area (Å²) in [4.78, 5) is 28.1. The number of pyridine rings is 1. The molecule has 0 spiro atoms. The minimum Gasteiger partial charge on any atom is -0.379 e. The van der Waals surface area contributed by atoms with Crippen molar-refractivity contribution in [2.24, 2.45) is 0 Å². The second-order valence-electron chi connectivity index (χ2n) is 7.86. The van der Waals surface area contributed by atoms with E-state index in [1.54, 1.807) is 18.1 Å². The maximum Gasteiger partial charge on any atom is 0.287 e. The van der Waals surface area contributed by atoms with Gasteiger partial charge in [0.05, 0.1) is 26.1 Å². The lowest BCUT2D eigenvalue weighted by atomic mass is 10.3. The van der Waals surface area contributed by atoms with Crippen LogP contribution in [0, 0.1) is 6.92 Å². The predicted octanol–water partition coefficient (Wildman–Crippen LogP) is 1.80. The molecule has 0 saturated heterocycles. The Hall–Kier alpha value is -3.39. The molecule has 1 amide bonds. The molecule has 190 valence electrons. The summed E-state index contributed by atoms with van der Waals surface area (Å²) in [6.45, 7) is 4.54. The van der Waals surface area contributed by atoms with Crippen LogP contribution in [-0.2, 0) is 21.3 Å². The van der Waals surface area contributed by atoms with Gasteiger partial charge in [0.25, 0.3) is 5.91 Å².